The van der Waals surface area contributed by atoms with Crippen molar-refractivity contribution in [3.63, 3.8) is 0 Å². The summed E-state index contributed by atoms with van der Waals surface area (Å²) in [4.78, 5) is 22.8. The number of aryl methyl sites for hydroxylation is 1. The summed E-state index contributed by atoms with van der Waals surface area (Å²) in [6, 6.07) is 11.3. The van der Waals surface area contributed by atoms with E-state index >= 15 is 0 Å². The minimum absolute atomic E-state index is 0.00851. The molecule has 126 valence electrons. The normalized spacial score (nSPS) is 10.2. The highest BCUT2D eigenvalue weighted by atomic mass is 16.5. The highest BCUT2D eigenvalue weighted by molar-refractivity contribution is 5.95. The number of carboxylic acids is 1. The molecule has 0 unspecified atom stereocenters. The summed E-state index contributed by atoms with van der Waals surface area (Å²) in [6.07, 6.45) is 0.696. The Hall–Kier alpha value is -3.02. The van der Waals surface area contributed by atoms with Crippen LogP contribution in [0, 0.1) is 6.92 Å². The fourth-order valence-electron chi connectivity index (χ4n) is 2.04. The molecule has 0 aromatic heterocycles. The van der Waals surface area contributed by atoms with Gasteiger partial charge in [0.2, 0.25) is 5.91 Å². The molecule has 0 radical (unpaired) electrons. The molecule has 3 N–H and O–H groups in total. The summed E-state index contributed by atoms with van der Waals surface area (Å²) in [5, 5.41) is 21.1. The van der Waals surface area contributed by atoms with Gasteiger partial charge in [0, 0.05) is 6.42 Å². The Labute approximate surface area is 139 Å². The van der Waals surface area contributed by atoms with Crippen LogP contribution in [0.15, 0.2) is 42.5 Å². The first-order valence-electron chi connectivity index (χ1n) is 7.51. The first-order valence-corrected chi connectivity index (χ1v) is 7.51. The number of carbonyl (C=O) groups is 2. The molecule has 0 spiro atoms. The highest BCUT2D eigenvalue weighted by Crippen LogP contribution is 2.24. The molecular formula is C18H19NO5. The van der Waals surface area contributed by atoms with Crippen molar-refractivity contribution in [2.45, 2.75) is 19.8 Å². The van der Waals surface area contributed by atoms with Gasteiger partial charge in [-0.25, -0.2) is 4.79 Å². The van der Waals surface area contributed by atoms with E-state index in [1.807, 2.05) is 31.2 Å². The van der Waals surface area contributed by atoms with Gasteiger partial charge in [-0.15, -0.1) is 0 Å². The number of ether oxygens (including phenoxy) is 1. The van der Waals surface area contributed by atoms with Crippen LogP contribution in [0.4, 0.5) is 5.69 Å². The van der Waals surface area contributed by atoms with Gasteiger partial charge in [-0.3, -0.25) is 4.79 Å². The summed E-state index contributed by atoms with van der Waals surface area (Å²) in [6.45, 7) is 2.38. The minimum Gasteiger partial charge on any atom is -0.506 e. The number of anilines is 1. The van der Waals surface area contributed by atoms with Crippen molar-refractivity contribution in [1.29, 1.82) is 0 Å². The smallest absolute Gasteiger partial charge is 0.335 e. The van der Waals surface area contributed by atoms with Crippen LogP contribution in [0.1, 0.15) is 28.8 Å². The molecule has 0 fully saturated rings. The van der Waals surface area contributed by atoms with E-state index in [2.05, 4.69) is 5.32 Å². The Bertz CT molecular complexity index is 725. The van der Waals surface area contributed by atoms with Gasteiger partial charge in [-0.2, -0.15) is 0 Å². The minimum atomic E-state index is -1.13. The average Bonchev–Trinajstić information content (AvgIpc) is 2.55. The molecule has 1 amide bonds. The third kappa shape index (κ3) is 5.01. The number of rotatable bonds is 7. The Balaban J connectivity index is 1.80. The SMILES string of the molecule is Cc1ccc(OCCCC(=O)Nc2cc(C(=O)O)ccc2O)cc1. The van der Waals surface area contributed by atoms with Gasteiger partial charge in [0.25, 0.3) is 0 Å². The number of benzene rings is 2. The summed E-state index contributed by atoms with van der Waals surface area (Å²) >= 11 is 0. The molecule has 0 aliphatic carbocycles. The topological polar surface area (TPSA) is 95.9 Å². The van der Waals surface area contributed by atoms with Gasteiger partial charge >= 0.3 is 5.97 Å². The molecule has 24 heavy (non-hydrogen) atoms. The van der Waals surface area contributed by atoms with Crippen molar-refractivity contribution in [1.82, 2.24) is 0 Å². The molecule has 2 aromatic carbocycles. The maximum Gasteiger partial charge on any atom is 0.335 e. The lowest BCUT2D eigenvalue weighted by Crippen LogP contribution is -2.13. The number of carbonyl (C=O) groups excluding carboxylic acids is 1. The molecule has 2 aromatic rings. The predicted octanol–water partition coefficient (Wildman–Crippen LogP) is 3.20. The molecule has 6 heteroatoms. The second-order valence-corrected chi connectivity index (χ2v) is 5.35. The fraction of sp³-hybridized carbons (Fsp3) is 0.222. The molecule has 0 aliphatic rings. The molecule has 0 saturated carbocycles. The van der Waals surface area contributed by atoms with Crippen LogP contribution in [0.3, 0.4) is 0 Å². The van der Waals surface area contributed by atoms with E-state index in [4.69, 9.17) is 9.84 Å². The van der Waals surface area contributed by atoms with Gasteiger partial charge in [0.1, 0.15) is 11.5 Å². The lowest BCUT2D eigenvalue weighted by atomic mass is 10.2. The number of phenolic OH excluding ortho intramolecular Hbond substituents is 1. The molecule has 0 aliphatic heterocycles. The summed E-state index contributed by atoms with van der Waals surface area (Å²) in [5.74, 6) is -0.880. The number of carboxylic acid groups (broad SMARTS) is 1. The Kier molecular flexibility index (Phi) is 5.78. The monoisotopic (exact) mass is 329 g/mol. The van der Waals surface area contributed by atoms with E-state index in [1.165, 1.54) is 18.2 Å². The molecule has 2 rings (SSSR count). The summed E-state index contributed by atoms with van der Waals surface area (Å²) in [7, 11) is 0. The molecule has 0 heterocycles. The van der Waals surface area contributed by atoms with E-state index in [1.54, 1.807) is 0 Å². The third-order valence-corrected chi connectivity index (χ3v) is 3.36. The van der Waals surface area contributed by atoms with Crippen molar-refractivity contribution in [3.8, 4) is 11.5 Å². The predicted molar refractivity (Wildman–Crippen MR) is 89.6 cm³/mol. The van der Waals surface area contributed by atoms with Crippen LogP contribution < -0.4 is 10.1 Å². The quantitative estimate of drug-likeness (QED) is 0.535. The van der Waals surface area contributed by atoms with Crippen molar-refractivity contribution in [2.75, 3.05) is 11.9 Å². The Morgan fingerprint density at radius 1 is 1.12 bits per heavy atom. The van der Waals surface area contributed by atoms with Crippen LogP contribution in [0.2, 0.25) is 0 Å². The Morgan fingerprint density at radius 3 is 2.50 bits per heavy atom. The van der Waals surface area contributed by atoms with Gasteiger partial charge in [0.05, 0.1) is 17.9 Å². The molecular weight excluding hydrogens is 310 g/mol. The van der Waals surface area contributed by atoms with Crippen molar-refractivity contribution in [3.05, 3.63) is 53.6 Å². The first-order chi connectivity index (χ1) is 11.5. The molecule has 0 atom stereocenters. The van der Waals surface area contributed by atoms with E-state index in [9.17, 15) is 14.7 Å². The largest absolute Gasteiger partial charge is 0.506 e. The lowest BCUT2D eigenvalue weighted by Gasteiger charge is -2.09. The van der Waals surface area contributed by atoms with Crippen LogP contribution >= 0.6 is 0 Å². The van der Waals surface area contributed by atoms with Crippen molar-refractivity contribution < 1.29 is 24.5 Å². The maximum absolute atomic E-state index is 11.9. The number of aromatic hydroxyl groups is 1. The number of hydrogen-bond acceptors (Lipinski definition) is 4. The van der Waals surface area contributed by atoms with E-state index in [0.29, 0.717) is 13.0 Å². The summed E-state index contributed by atoms with van der Waals surface area (Å²) < 4.78 is 5.53. The maximum atomic E-state index is 11.9. The average molecular weight is 329 g/mol. The van der Waals surface area contributed by atoms with Gasteiger partial charge in [-0.1, -0.05) is 17.7 Å². The van der Waals surface area contributed by atoms with Gasteiger partial charge in [-0.05, 0) is 43.7 Å². The zero-order valence-corrected chi connectivity index (χ0v) is 13.3. The van der Waals surface area contributed by atoms with E-state index in [-0.39, 0.29) is 29.3 Å². The molecule has 6 nitrogen and oxygen atoms in total. The second kappa shape index (κ2) is 8.01. The van der Waals surface area contributed by atoms with Crippen LogP contribution in [0.5, 0.6) is 11.5 Å². The number of hydrogen-bond donors (Lipinski definition) is 3. The number of amides is 1. The summed E-state index contributed by atoms with van der Waals surface area (Å²) in [5.41, 5.74) is 1.22. The van der Waals surface area contributed by atoms with Crippen molar-refractivity contribution >= 4 is 17.6 Å². The van der Waals surface area contributed by atoms with Gasteiger partial charge in [0.15, 0.2) is 0 Å². The Morgan fingerprint density at radius 2 is 1.83 bits per heavy atom. The van der Waals surface area contributed by atoms with E-state index < -0.39 is 5.97 Å². The van der Waals surface area contributed by atoms with Gasteiger partial charge < -0.3 is 20.3 Å². The zero-order valence-electron chi connectivity index (χ0n) is 13.3. The lowest BCUT2D eigenvalue weighted by molar-refractivity contribution is -0.116. The third-order valence-electron chi connectivity index (χ3n) is 3.36. The molecule has 0 bridgehead atoms. The molecule has 0 saturated heterocycles. The van der Waals surface area contributed by atoms with Crippen molar-refractivity contribution in [2.24, 2.45) is 0 Å². The van der Waals surface area contributed by atoms with E-state index in [0.717, 1.165) is 11.3 Å². The standard InChI is InChI=1S/C18H19NO5/c1-12-4-7-14(8-5-12)24-10-2-3-17(21)19-15-11-13(18(22)23)6-9-16(15)20/h4-9,11,20H,2-3,10H2,1H3,(H,19,21)(H,22,23). The fourth-order valence-corrected chi connectivity index (χ4v) is 2.04. The highest BCUT2D eigenvalue weighted by Gasteiger charge is 2.10. The van der Waals surface area contributed by atoms with Crippen LogP contribution in [-0.4, -0.2) is 28.7 Å². The zero-order chi connectivity index (χ0) is 17.5. The number of aromatic carboxylic acids is 1. The number of phenols is 1. The van der Waals surface area contributed by atoms with Crippen LogP contribution in [0.25, 0.3) is 0 Å². The number of nitrogens with one attached hydrogen (secondary N) is 1. The van der Waals surface area contributed by atoms with Crippen LogP contribution in [-0.2, 0) is 4.79 Å². The first kappa shape index (κ1) is 17.3. The second-order valence-electron chi connectivity index (χ2n) is 5.35.